The maximum absolute atomic E-state index is 13.0. The number of anilines is 2. The lowest BCUT2D eigenvalue weighted by Crippen LogP contribution is -2.49. The second-order valence-electron chi connectivity index (χ2n) is 7.98. The van der Waals surface area contributed by atoms with Crippen molar-refractivity contribution in [3.8, 4) is 0 Å². The Kier molecular flexibility index (Phi) is 7.17. The Hall–Kier alpha value is -2.68. The number of aromatic nitrogens is 1. The van der Waals surface area contributed by atoms with Crippen molar-refractivity contribution in [1.29, 1.82) is 0 Å². The van der Waals surface area contributed by atoms with Crippen molar-refractivity contribution in [3.63, 3.8) is 0 Å². The summed E-state index contributed by atoms with van der Waals surface area (Å²) in [7, 11) is 0. The SMILES string of the molecule is CCOC(=O)c1ccc(N2C(=O)C[C@@H](NC3CCN(c4ncc(Cl)cc4Cl)CC3)C2=O)cc1. The van der Waals surface area contributed by atoms with Gasteiger partial charge in [0.2, 0.25) is 5.91 Å². The first-order valence-corrected chi connectivity index (χ1v) is 11.6. The molecule has 0 bridgehead atoms. The third kappa shape index (κ3) is 5.13. The number of carbonyl (C=O) groups excluding carboxylic acids is 3. The number of ether oxygens (including phenoxy) is 1. The number of rotatable bonds is 6. The number of hydrogen-bond donors (Lipinski definition) is 1. The minimum Gasteiger partial charge on any atom is -0.462 e. The molecule has 2 saturated heterocycles. The van der Waals surface area contributed by atoms with E-state index in [9.17, 15) is 14.4 Å². The third-order valence-electron chi connectivity index (χ3n) is 5.80. The van der Waals surface area contributed by atoms with Crippen LogP contribution < -0.4 is 15.1 Å². The Morgan fingerprint density at radius 2 is 1.88 bits per heavy atom. The largest absolute Gasteiger partial charge is 0.462 e. The molecule has 10 heteroatoms. The number of pyridine rings is 1. The number of piperidine rings is 1. The van der Waals surface area contributed by atoms with Crippen molar-refractivity contribution < 1.29 is 19.1 Å². The number of amides is 2. The van der Waals surface area contributed by atoms with E-state index < -0.39 is 12.0 Å². The highest BCUT2D eigenvalue weighted by molar-refractivity contribution is 6.36. The van der Waals surface area contributed by atoms with Crippen molar-refractivity contribution in [1.82, 2.24) is 10.3 Å². The molecule has 33 heavy (non-hydrogen) atoms. The highest BCUT2D eigenvalue weighted by Gasteiger charge is 2.40. The van der Waals surface area contributed by atoms with Gasteiger partial charge in [0.15, 0.2) is 0 Å². The average molecular weight is 491 g/mol. The van der Waals surface area contributed by atoms with Crippen molar-refractivity contribution in [2.45, 2.75) is 38.3 Å². The van der Waals surface area contributed by atoms with Gasteiger partial charge in [0.05, 0.1) is 40.4 Å². The third-order valence-corrected chi connectivity index (χ3v) is 6.29. The topological polar surface area (TPSA) is 91.8 Å². The summed E-state index contributed by atoms with van der Waals surface area (Å²) in [6.45, 7) is 3.45. The Morgan fingerprint density at radius 3 is 2.52 bits per heavy atom. The fourth-order valence-electron chi connectivity index (χ4n) is 4.18. The Morgan fingerprint density at radius 1 is 1.18 bits per heavy atom. The monoisotopic (exact) mass is 490 g/mol. The predicted molar refractivity (Wildman–Crippen MR) is 126 cm³/mol. The number of halogens is 2. The fraction of sp³-hybridized carbons (Fsp3) is 0.391. The quantitative estimate of drug-likeness (QED) is 0.489. The standard InChI is InChI=1S/C23H24Cl2N4O4/c1-2-33-23(32)14-3-5-17(6-4-14)29-20(30)12-19(22(29)31)27-16-7-9-28(10-8-16)21-18(25)11-15(24)13-26-21/h3-6,11,13,16,19,27H,2,7-10,12H2,1H3/t19-/m1/s1. The Labute approximate surface area is 201 Å². The number of nitrogens with one attached hydrogen (secondary N) is 1. The van der Waals surface area contributed by atoms with Gasteiger partial charge in [0.1, 0.15) is 5.82 Å². The molecule has 4 rings (SSSR count). The summed E-state index contributed by atoms with van der Waals surface area (Å²) >= 11 is 12.2. The molecule has 1 aromatic heterocycles. The summed E-state index contributed by atoms with van der Waals surface area (Å²) in [5.41, 5.74) is 0.817. The maximum atomic E-state index is 13.0. The van der Waals surface area contributed by atoms with Crippen molar-refractivity contribution in [2.24, 2.45) is 0 Å². The summed E-state index contributed by atoms with van der Waals surface area (Å²) in [6.07, 6.45) is 3.24. The van der Waals surface area contributed by atoms with E-state index in [0.717, 1.165) is 25.9 Å². The molecule has 1 aromatic carbocycles. The van der Waals surface area contributed by atoms with Crippen molar-refractivity contribution in [3.05, 3.63) is 52.1 Å². The van der Waals surface area contributed by atoms with Gasteiger partial charge in [-0.25, -0.2) is 14.7 Å². The first-order valence-electron chi connectivity index (χ1n) is 10.8. The molecule has 8 nitrogen and oxygen atoms in total. The number of imide groups is 1. The van der Waals surface area contributed by atoms with E-state index in [1.807, 2.05) is 0 Å². The van der Waals surface area contributed by atoms with Gasteiger partial charge in [0.25, 0.3) is 5.91 Å². The van der Waals surface area contributed by atoms with Crippen LogP contribution in [-0.4, -0.2) is 54.5 Å². The zero-order valence-corrected chi connectivity index (χ0v) is 19.6. The van der Waals surface area contributed by atoms with Gasteiger partial charge in [-0.05, 0) is 50.1 Å². The van der Waals surface area contributed by atoms with E-state index in [1.54, 1.807) is 43.5 Å². The highest BCUT2D eigenvalue weighted by Crippen LogP contribution is 2.29. The molecule has 2 aliphatic rings. The molecule has 2 fully saturated rings. The first kappa shape index (κ1) is 23.5. The molecule has 0 aliphatic carbocycles. The van der Waals surface area contributed by atoms with E-state index in [1.165, 1.54) is 4.90 Å². The van der Waals surface area contributed by atoms with Gasteiger partial charge in [-0.2, -0.15) is 0 Å². The van der Waals surface area contributed by atoms with Crippen LogP contribution in [0.1, 0.15) is 36.5 Å². The predicted octanol–water partition coefficient (Wildman–Crippen LogP) is 3.46. The van der Waals surface area contributed by atoms with Gasteiger partial charge in [0, 0.05) is 25.3 Å². The molecule has 2 amide bonds. The molecule has 0 unspecified atom stereocenters. The number of carbonyl (C=O) groups is 3. The summed E-state index contributed by atoms with van der Waals surface area (Å²) in [4.78, 5) is 45.0. The average Bonchev–Trinajstić information content (AvgIpc) is 3.07. The molecule has 174 valence electrons. The highest BCUT2D eigenvalue weighted by atomic mass is 35.5. The van der Waals surface area contributed by atoms with Gasteiger partial charge in [-0.1, -0.05) is 23.2 Å². The second kappa shape index (κ2) is 10.1. The van der Waals surface area contributed by atoms with E-state index >= 15 is 0 Å². The second-order valence-corrected chi connectivity index (χ2v) is 8.82. The van der Waals surface area contributed by atoms with Crippen LogP contribution in [-0.2, 0) is 14.3 Å². The van der Waals surface area contributed by atoms with Crippen molar-refractivity contribution in [2.75, 3.05) is 29.5 Å². The normalized spacial score (nSPS) is 19.3. The van der Waals surface area contributed by atoms with Crippen LogP contribution in [0.4, 0.5) is 11.5 Å². The molecule has 0 spiro atoms. The van der Waals surface area contributed by atoms with Gasteiger partial charge in [-0.15, -0.1) is 0 Å². The van der Waals surface area contributed by atoms with Gasteiger partial charge >= 0.3 is 5.97 Å². The van der Waals surface area contributed by atoms with Crippen LogP contribution in [0.5, 0.6) is 0 Å². The molecule has 0 saturated carbocycles. The zero-order valence-electron chi connectivity index (χ0n) is 18.1. The summed E-state index contributed by atoms with van der Waals surface area (Å²) in [5, 5.41) is 4.35. The smallest absolute Gasteiger partial charge is 0.338 e. The molecule has 0 radical (unpaired) electrons. The van der Waals surface area contributed by atoms with Crippen LogP contribution in [0.3, 0.4) is 0 Å². The molecular formula is C23H24Cl2N4O4. The lowest BCUT2D eigenvalue weighted by Gasteiger charge is -2.34. The van der Waals surface area contributed by atoms with Crippen LogP contribution in [0.15, 0.2) is 36.5 Å². The van der Waals surface area contributed by atoms with Crippen LogP contribution in [0, 0.1) is 0 Å². The lowest BCUT2D eigenvalue weighted by molar-refractivity contribution is -0.121. The molecule has 1 atom stereocenters. The minimum atomic E-state index is -0.573. The number of nitrogens with zero attached hydrogens (tertiary/aromatic N) is 3. The zero-order chi connectivity index (χ0) is 23.5. The van der Waals surface area contributed by atoms with E-state index in [4.69, 9.17) is 27.9 Å². The minimum absolute atomic E-state index is 0.0974. The first-order chi connectivity index (χ1) is 15.9. The van der Waals surface area contributed by atoms with Gasteiger partial charge < -0.3 is 15.0 Å². The van der Waals surface area contributed by atoms with Crippen LogP contribution in [0.25, 0.3) is 0 Å². The molecular weight excluding hydrogens is 467 g/mol. The molecule has 1 N–H and O–H groups in total. The summed E-state index contributed by atoms with van der Waals surface area (Å²) in [6, 6.07) is 7.49. The van der Waals surface area contributed by atoms with Crippen LogP contribution in [0.2, 0.25) is 10.0 Å². The van der Waals surface area contributed by atoms with Crippen molar-refractivity contribution >= 4 is 52.5 Å². The molecule has 2 aromatic rings. The lowest BCUT2D eigenvalue weighted by atomic mass is 10.0. The molecule has 2 aliphatic heterocycles. The van der Waals surface area contributed by atoms with Crippen LogP contribution >= 0.6 is 23.2 Å². The number of benzene rings is 1. The summed E-state index contributed by atoms with van der Waals surface area (Å²) < 4.78 is 4.97. The van der Waals surface area contributed by atoms with E-state index in [2.05, 4.69) is 15.2 Å². The van der Waals surface area contributed by atoms with E-state index in [0.29, 0.717) is 27.1 Å². The van der Waals surface area contributed by atoms with Gasteiger partial charge in [-0.3, -0.25) is 9.59 Å². The van der Waals surface area contributed by atoms with E-state index in [-0.39, 0.29) is 30.9 Å². The fourth-order valence-corrected chi connectivity index (χ4v) is 4.68. The summed E-state index contributed by atoms with van der Waals surface area (Å²) in [5.74, 6) is -0.294. The Bertz CT molecular complexity index is 1050. The maximum Gasteiger partial charge on any atom is 0.338 e. The number of esters is 1. The molecule has 3 heterocycles. The number of hydrogen-bond acceptors (Lipinski definition) is 7. The Balaban J connectivity index is 1.35.